The number of rotatable bonds is 1. The van der Waals surface area contributed by atoms with Crippen LogP contribution >= 0.6 is 0 Å². The molecule has 2 aliphatic heterocycles. The molecule has 2 heterocycles. The maximum atomic E-state index is 9.79. The summed E-state index contributed by atoms with van der Waals surface area (Å²) in [5.41, 5.74) is 0. The van der Waals surface area contributed by atoms with E-state index >= 15 is 0 Å². The third-order valence-corrected chi connectivity index (χ3v) is 3.99. The first-order valence-corrected chi connectivity index (χ1v) is 5.81. The molecule has 0 aromatic carbocycles. The lowest BCUT2D eigenvalue weighted by Gasteiger charge is -2.39. The smallest absolute Gasteiger partial charge is 0.0831 e. The van der Waals surface area contributed by atoms with Gasteiger partial charge in [-0.15, -0.1) is 0 Å². The fourth-order valence-electron chi connectivity index (χ4n) is 2.62. The Morgan fingerprint density at radius 3 is 2.57 bits per heavy atom. The predicted octanol–water partition coefficient (Wildman–Crippen LogP) is 0.297. The van der Waals surface area contributed by atoms with Gasteiger partial charge in [0.05, 0.1) is 6.10 Å². The normalized spacial score (nSPS) is 45.6. The molecule has 3 nitrogen and oxygen atoms in total. The van der Waals surface area contributed by atoms with Gasteiger partial charge in [-0.3, -0.25) is 4.90 Å². The van der Waals surface area contributed by atoms with Gasteiger partial charge in [0, 0.05) is 25.7 Å². The summed E-state index contributed by atoms with van der Waals surface area (Å²) in [6.45, 7) is 8.71. The highest BCUT2D eigenvalue weighted by Crippen LogP contribution is 2.25. The van der Waals surface area contributed by atoms with Crippen LogP contribution in [0.15, 0.2) is 0 Å². The Bertz CT molecular complexity index is 198. The maximum absolute atomic E-state index is 9.79. The standard InChI is InChI=1S/C11H22N2O/c1-8-3-4-13(7-9(8)2)10-5-12-6-11(10)14/h8-12,14H,3-7H2,1-2H3/t8?,9?,10-,11-/m1/s1. The molecule has 4 atom stereocenters. The molecule has 2 rings (SSSR count). The van der Waals surface area contributed by atoms with Crippen molar-refractivity contribution >= 4 is 0 Å². The second kappa shape index (κ2) is 4.17. The van der Waals surface area contributed by atoms with Crippen LogP contribution in [0.3, 0.4) is 0 Å². The van der Waals surface area contributed by atoms with Crippen molar-refractivity contribution in [1.29, 1.82) is 0 Å². The van der Waals surface area contributed by atoms with E-state index in [1.54, 1.807) is 0 Å². The van der Waals surface area contributed by atoms with Crippen LogP contribution in [0.5, 0.6) is 0 Å². The number of β-amino-alcohol motifs (C(OH)–C–C–N with tert-alkyl or cyclic N) is 1. The molecule has 0 radical (unpaired) electrons. The minimum atomic E-state index is -0.157. The summed E-state index contributed by atoms with van der Waals surface area (Å²) < 4.78 is 0. The van der Waals surface area contributed by atoms with E-state index in [4.69, 9.17) is 0 Å². The molecular weight excluding hydrogens is 176 g/mol. The van der Waals surface area contributed by atoms with Crippen molar-refractivity contribution in [3.05, 3.63) is 0 Å². The maximum Gasteiger partial charge on any atom is 0.0831 e. The van der Waals surface area contributed by atoms with Crippen molar-refractivity contribution in [3.8, 4) is 0 Å². The van der Waals surface area contributed by atoms with Gasteiger partial charge in [0.15, 0.2) is 0 Å². The van der Waals surface area contributed by atoms with Crippen molar-refractivity contribution in [1.82, 2.24) is 10.2 Å². The minimum Gasteiger partial charge on any atom is -0.390 e. The largest absolute Gasteiger partial charge is 0.390 e. The third-order valence-electron chi connectivity index (χ3n) is 3.99. The molecule has 0 aliphatic carbocycles. The van der Waals surface area contributed by atoms with Crippen LogP contribution in [0.4, 0.5) is 0 Å². The van der Waals surface area contributed by atoms with Crippen LogP contribution in [0, 0.1) is 11.8 Å². The summed E-state index contributed by atoms with van der Waals surface area (Å²) in [6, 6.07) is 0.366. The van der Waals surface area contributed by atoms with Crippen LogP contribution in [-0.4, -0.2) is 48.3 Å². The molecule has 2 aliphatic rings. The number of piperidine rings is 1. The van der Waals surface area contributed by atoms with Gasteiger partial charge < -0.3 is 10.4 Å². The molecule has 0 bridgehead atoms. The molecule has 2 N–H and O–H groups in total. The molecule has 0 aromatic rings. The summed E-state index contributed by atoms with van der Waals surface area (Å²) in [5, 5.41) is 13.0. The molecule has 2 fully saturated rings. The molecular formula is C11H22N2O. The lowest BCUT2D eigenvalue weighted by molar-refractivity contribution is 0.0408. The van der Waals surface area contributed by atoms with E-state index in [1.807, 2.05) is 0 Å². The van der Waals surface area contributed by atoms with Crippen molar-refractivity contribution < 1.29 is 5.11 Å². The second-order valence-corrected chi connectivity index (χ2v) is 5.03. The van der Waals surface area contributed by atoms with Gasteiger partial charge in [0.1, 0.15) is 0 Å². The number of aliphatic hydroxyl groups excluding tert-OH is 1. The zero-order valence-corrected chi connectivity index (χ0v) is 9.24. The van der Waals surface area contributed by atoms with Gasteiger partial charge in [-0.05, 0) is 24.8 Å². The highest BCUT2D eigenvalue weighted by molar-refractivity contribution is 4.91. The minimum absolute atomic E-state index is 0.157. The Kier molecular flexibility index (Phi) is 3.10. The first-order chi connectivity index (χ1) is 6.68. The van der Waals surface area contributed by atoms with Crippen molar-refractivity contribution in [2.24, 2.45) is 11.8 Å². The van der Waals surface area contributed by atoms with E-state index in [9.17, 15) is 5.11 Å². The molecule has 0 saturated carbocycles. The van der Waals surface area contributed by atoms with E-state index in [0.717, 1.165) is 38.0 Å². The summed E-state index contributed by atoms with van der Waals surface area (Å²) in [4.78, 5) is 2.47. The summed E-state index contributed by atoms with van der Waals surface area (Å²) in [5.74, 6) is 1.62. The Morgan fingerprint density at radius 1 is 1.21 bits per heavy atom. The van der Waals surface area contributed by atoms with E-state index in [0.29, 0.717) is 6.04 Å². The van der Waals surface area contributed by atoms with Crippen LogP contribution < -0.4 is 5.32 Å². The van der Waals surface area contributed by atoms with Crippen molar-refractivity contribution in [3.63, 3.8) is 0 Å². The first-order valence-electron chi connectivity index (χ1n) is 5.81. The fraction of sp³-hybridized carbons (Fsp3) is 1.00. The van der Waals surface area contributed by atoms with Crippen LogP contribution in [0.1, 0.15) is 20.3 Å². The topological polar surface area (TPSA) is 35.5 Å². The number of hydrogen-bond donors (Lipinski definition) is 2. The highest BCUT2D eigenvalue weighted by atomic mass is 16.3. The van der Waals surface area contributed by atoms with Crippen LogP contribution in [0.2, 0.25) is 0 Å². The van der Waals surface area contributed by atoms with Gasteiger partial charge in [-0.1, -0.05) is 13.8 Å². The quantitative estimate of drug-likeness (QED) is 0.636. The second-order valence-electron chi connectivity index (χ2n) is 5.03. The number of aliphatic hydroxyl groups is 1. The zero-order valence-electron chi connectivity index (χ0n) is 9.24. The number of likely N-dealkylation sites (tertiary alicyclic amines) is 1. The molecule has 0 amide bonds. The van der Waals surface area contributed by atoms with Gasteiger partial charge in [-0.25, -0.2) is 0 Å². The van der Waals surface area contributed by atoms with E-state index in [-0.39, 0.29) is 6.10 Å². The average Bonchev–Trinajstić information content (AvgIpc) is 2.57. The molecule has 2 unspecified atom stereocenters. The molecule has 3 heteroatoms. The summed E-state index contributed by atoms with van der Waals surface area (Å²) >= 11 is 0. The van der Waals surface area contributed by atoms with Gasteiger partial charge >= 0.3 is 0 Å². The van der Waals surface area contributed by atoms with E-state index in [1.165, 1.54) is 6.42 Å². The molecule has 2 saturated heterocycles. The molecule has 0 spiro atoms. The molecule has 0 aromatic heterocycles. The molecule has 14 heavy (non-hydrogen) atoms. The van der Waals surface area contributed by atoms with E-state index in [2.05, 4.69) is 24.1 Å². The van der Waals surface area contributed by atoms with Crippen molar-refractivity contribution in [2.75, 3.05) is 26.2 Å². The Hall–Kier alpha value is -0.120. The lowest BCUT2D eigenvalue weighted by atomic mass is 9.87. The number of nitrogens with zero attached hydrogens (tertiary/aromatic N) is 1. The predicted molar refractivity (Wildman–Crippen MR) is 57.2 cm³/mol. The highest BCUT2D eigenvalue weighted by Gasteiger charge is 2.34. The first kappa shape index (κ1) is 10.4. The zero-order chi connectivity index (χ0) is 10.1. The molecule has 82 valence electrons. The summed E-state index contributed by atoms with van der Waals surface area (Å²) in [7, 11) is 0. The van der Waals surface area contributed by atoms with Gasteiger partial charge in [-0.2, -0.15) is 0 Å². The number of hydrogen-bond acceptors (Lipinski definition) is 3. The van der Waals surface area contributed by atoms with Gasteiger partial charge in [0.25, 0.3) is 0 Å². The van der Waals surface area contributed by atoms with Gasteiger partial charge in [0.2, 0.25) is 0 Å². The van der Waals surface area contributed by atoms with Crippen molar-refractivity contribution in [2.45, 2.75) is 32.4 Å². The average molecular weight is 198 g/mol. The Labute approximate surface area is 86.5 Å². The van der Waals surface area contributed by atoms with Crippen LogP contribution in [0.25, 0.3) is 0 Å². The Morgan fingerprint density at radius 2 is 2.00 bits per heavy atom. The monoisotopic (exact) mass is 198 g/mol. The third kappa shape index (κ3) is 1.95. The SMILES string of the molecule is CC1CCN([C@@H]2CNC[C@H]2O)CC1C. The van der Waals surface area contributed by atoms with E-state index < -0.39 is 0 Å². The number of nitrogens with one attached hydrogen (secondary N) is 1. The summed E-state index contributed by atoms with van der Waals surface area (Å²) in [6.07, 6.45) is 1.13. The lowest BCUT2D eigenvalue weighted by Crippen LogP contribution is -2.49. The van der Waals surface area contributed by atoms with Crippen LogP contribution in [-0.2, 0) is 0 Å². The Balaban J connectivity index is 1.92. The fourth-order valence-corrected chi connectivity index (χ4v) is 2.62.